The average Bonchev–Trinajstić information content (AvgIpc) is 2.70. The third-order valence-electron chi connectivity index (χ3n) is 2.03. The average molecular weight is 157 g/mol. The highest BCUT2D eigenvalue weighted by atomic mass is 16.6. The van der Waals surface area contributed by atoms with E-state index in [1.807, 2.05) is 0 Å². The van der Waals surface area contributed by atoms with Crippen LogP contribution in [-0.4, -0.2) is 38.3 Å². The normalized spacial score (nSPS) is 22.6. The van der Waals surface area contributed by atoms with Crippen LogP contribution in [0.3, 0.4) is 0 Å². The highest BCUT2D eigenvalue weighted by Gasteiger charge is 2.20. The summed E-state index contributed by atoms with van der Waals surface area (Å²) < 4.78 is 5.13. The lowest BCUT2D eigenvalue weighted by atomic mass is 10.1. The third kappa shape index (κ3) is 5.22. The maximum absolute atomic E-state index is 5.13. The molecule has 66 valence electrons. The van der Waals surface area contributed by atoms with Crippen molar-refractivity contribution >= 4 is 0 Å². The zero-order chi connectivity index (χ0) is 8.10. The van der Waals surface area contributed by atoms with Crippen LogP contribution in [0, 0.1) is 0 Å². The Balaban J connectivity index is 1.73. The Bertz CT molecular complexity index is 95.7. The molecular weight excluding hydrogens is 138 g/mol. The summed E-state index contributed by atoms with van der Waals surface area (Å²) in [4.78, 5) is 2.24. The van der Waals surface area contributed by atoms with Crippen LogP contribution in [0.25, 0.3) is 0 Å². The maximum atomic E-state index is 5.13. The summed E-state index contributed by atoms with van der Waals surface area (Å²) >= 11 is 0. The van der Waals surface area contributed by atoms with Crippen LogP contribution in [0.2, 0.25) is 0 Å². The Morgan fingerprint density at radius 2 is 2.00 bits per heavy atom. The fraction of sp³-hybridized carbons (Fsp3) is 1.00. The van der Waals surface area contributed by atoms with Gasteiger partial charge in [0.25, 0.3) is 0 Å². The van der Waals surface area contributed by atoms with Gasteiger partial charge in [-0.15, -0.1) is 0 Å². The van der Waals surface area contributed by atoms with Crippen molar-refractivity contribution in [3.8, 4) is 0 Å². The lowest BCUT2D eigenvalue weighted by Crippen LogP contribution is -2.12. The molecule has 0 spiro atoms. The molecule has 11 heavy (non-hydrogen) atoms. The van der Waals surface area contributed by atoms with Crippen molar-refractivity contribution in [3.63, 3.8) is 0 Å². The summed E-state index contributed by atoms with van der Waals surface area (Å²) in [5.41, 5.74) is 0. The monoisotopic (exact) mass is 157 g/mol. The fourth-order valence-electron chi connectivity index (χ4n) is 1.21. The standard InChI is InChI=1S/C9H19NO/c1-10(2)7-5-3-4-6-9-8-11-9/h9H,3-8H2,1-2H3. The Hall–Kier alpha value is -0.0800. The molecule has 2 nitrogen and oxygen atoms in total. The molecule has 0 radical (unpaired) electrons. The highest BCUT2D eigenvalue weighted by molar-refractivity contribution is 4.68. The molecule has 1 aliphatic heterocycles. The first-order valence-electron chi connectivity index (χ1n) is 4.55. The van der Waals surface area contributed by atoms with Gasteiger partial charge >= 0.3 is 0 Å². The summed E-state index contributed by atoms with van der Waals surface area (Å²) in [7, 11) is 4.26. The summed E-state index contributed by atoms with van der Waals surface area (Å²) in [6, 6.07) is 0. The lowest BCUT2D eigenvalue weighted by molar-refractivity contribution is 0.370. The lowest BCUT2D eigenvalue weighted by Gasteiger charge is -2.07. The second kappa shape index (κ2) is 4.73. The van der Waals surface area contributed by atoms with Gasteiger partial charge in [-0.25, -0.2) is 0 Å². The van der Waals surface area contributed by atoms with Crippen molar-refractivity contribution in [1.82, 2.24) is 4.90 Å². The number of nitrogens with zero attached hydrogens (tertiary/aromatic N) is 1. The van der Waals surface area contributed by atoms with Crippen molar-refractivity contribution < 1.29 is 4.74 Å². The van der Waals surface area contributed by atoms with E-state index >= 15 is 0 Å². The van der Waals surface area contributed by atoms with E-state index in [1.165, 1.54) is 32.2 Å². The van der Waals surface area contributed by atoms with Crippen molar-refractivity contribution in [1.29, 1.82) is 0 Å². The molecule has 0 bridgehead atoms. The number of ether oxygens (including phenoxy) is 1. The van der Waals surface area contributed by atoms with E-state index < -0.39 is 0 Å². The number of hydrogen-bond acceptors (Lipinski definition) is 2. The largest absolute Gasteiger partial charge is 0.373 e. The van der Waals surface area contributed by atoms with Crippen molar-refractivity contribution in [2.45, 2.75) is 31.8 Å². The SMILES string of the molecule is CN(C)CCCCCC1CO1. The first-order valence-corrected chi connectivity index (χ1v) is 4.55. The molecule has 0 aromatic carbocycles. The van der Waals surface area contributed by atoms with E-state index in [4.69, 9.17) is 4.74 Å². The fourth-order valence-corrected chi connectivity index (χ4v) is 1.21. The van der Waals surface area contributed by atoms with Gasteiger partial charge in [0, 0.05) is 0 Å². The molecule has 0 aromatic heterocycles. The molecule has 1 aliphatic rings. The van der Waals surface area contributed by atoms with Gasteiger partial charge in [0.2, 0.25) is 0 Å². The smallest absolute Gasteiger partial charge is 0.0810 e. The van der Waals surface area contributed by atoms with Gasteiger partial charge in [-0.3, -0.25) is 0 Å². The first-order chi connectivity index (χ1) is 5.29. The summed E-state index contributed by atoms with van der Waals surface area (Å²) in [6.45, 7) is 2.25. The molecule has 2 heteroatoms. The second-order valence-electron chi connectivity index (χ2n) is 3.61. The molecule has 1 unspecified atom stereocenters. The molecule has 1 rings (SSSR count). The second-order valence-corrected chi connectivity index (χ2v) is 3.61. The molecular formula is C9H19NO. The van der Waals surface area contributed by atoms with Gasteiger partial charge < -0.3 is 9.64 Å². The number of hydrogen-bond donors (Lipinski definition) is 0. The Morgan fingerprint density at radius 3 is 2.55 bits per heavy atom. The quantitative estimate of drug-likeness (QED) is 0.429. The van der Waals surface area contributed by atoms with E-state index in [1.54, 1.807) is 0 Å². The van der Waals surface area contributed by atoms with Crippen LogP contribution in [0.5, 0.6) is 0 Å². The number of unbranched alkanes of at least 4 members (excludes halogenated alkanes) is 2. The minimum absolute atomic E-state index is 0.634. The van der Waals surface area contributed by atoms with Crippen molar-refractivity contribution in [2.75, 3.05) is 27.2 Å². The van der Waals surface area contributed by atoms with Crippen LogP contribution < -0.4 is 0 Å². The van der Waals surface area contributed by atoms with Gasteiger partial charge in [0.05, 0.1) is 12.7 Å². The Morgan fingerprint density at radius 1 is 1.27 bits per heavy atom. The summed E-state index contributed by atoms with van der Waals surface area (Å²) in [5.74, 6) is 0. The highest BCUT2D eigenvalue weighted by Crippen LogP contribution is 2.16. The molecule has 1 saturated heterocycles. The van der Waals surface area contributed by atoms with E-state index in [2.05, 4.69) is 19.0 Å². The Labute approximate surface area is 69.5 Å². The van der Waals surface area contributed by atoms with Gasteiger partial charge in [0.1, 0.15) is 0 Å². The Kier molecular flexibility index (Phi) is 3.87. The molecule has 0 saturated carbocycles. The number of rotatable bonds is 6. The van der Waals surface area contributed by atoms with Crippen molar-refractivity contribution in [2.24, 2.45) is 0 Å². The van der Waals surface area contributed by atoms with Crippen LogP contribution in [0.1, 0.15) is 25.7 Å². The predicted octanol–water partition coefficient (Wildman–Crippen LogP) is 1.51. The molecule has 1 fully saturated rings. The zero-order valence-corrected chi connectivity index (χ0v) is 7.68. The minimum Gasteiger partial charge on any atom is -0.373 e. The zero-order valence-electron chi connectivity index (χ0n) is 7.68. The van der Waals surface area contributed by atoms with Gasteiger partial charge in [-0.2, -0.15) is 0 Å². The van der Waals surface area contributed by atoms with Crippen LogP contribution in [0.4, 0.5) is 0 Å². The van der Waals surface area contributed by atoms with E-state index in [0.717, 1.165) is 6.61 Å². The summed E-state index contributed by atoms with van der Waals surface area (Å²) in [5, 5.41) is 0. The molecule has 0 aromatic rings. The molecule has 0 N–H and O–H groups in total. The van der Waals surface area contributed by atoms with Crippen molar-refractivity contribution in [3.05, 3.63) is 0 Å². The topological polar surface area (TPSA) is 15.8 Å². The van der Waals surface area contributed by atoms with E-state index in [-0.39, 0.29) is 0 Å². The molecule has 0 amide bonds. The molecule has 0 aliphatic carbocycles. The van der Waals surface area contributed by atoms with E-state index in [9.17, 15) is 0 Å². The minimum atomic E-state index is 0.634. The van der Waals surface area contributed by atoms with Crippen LogP contribution >= 0.6 is 0 Å². The van der Waals surface area contributed by atoms with Gasteiger partial charge in [0.15, 0.2) is 0 Å². The van der Waals surface area contributed by atoms with Crippen LogP contribution in [-0.2, 0) is 4.74 Å². The van der Waals surface area contributed by atoms with E-state index in [0.29, 0.717) is 6.10 Å². The molecule has 1 heterocycles. The third-order valence-corrected chi connectivity index (χ3v) is 2.03. The number of epoxide rings is 1. The predicted molar refractivity (Wildman–Crippen MR) is 46.8 cm³/mol. The van der Waals surface area contributed by atoms with Gasteiger partial charge in [-0.05, 0) is 33.5 Å². The summed E-state index contributed by atoms with van der Waals surface area (Å²) in [6.07, 6.45) is 5.96. The van der Waals surface area contributed by atoms with Gasteiger partial charge in [-0.1, -0.05) is 12.8 Å². The van der Waals surface area contributed by atoms with Crippen LogP contribution in [0.15, 0.2) is 0 Å². The first kappa shape index (κ1) is 9.01. The molecule has 1 atom stereocenters. The maximum Gasteiger partial charge on any atom is 0.0810 e.